The van der Waals surface area contributed by atoms with Crippen molar-refractivity contribution in [3.63, 3.8) is 0 Å². The summed E-state index contributed by atoms with van der Waals surface area (Å²) < 4.78 is 51.0. The maximum atomic E-state index is 13.3. The number of methoxy groups -OCH3 is 1. The topological polar surface area (TPSA) is 166 Å². The van der Waals surface area contributed by atoms with Gasteiger partial charge in [0.15, 0.2) is 0 Å². The van der Waals surface area contributed by atoms with Gasteiger partial charge in [0, 0.05) is 39.2 Å². The molecular weight excluding hydrogens is 682 g/mol. The van der Waals surface area contributed by atoms with Gasteiger partial charge in [0.1, 0.15) is 22.4 Å². The molecule has 3 heterocycles. The Labute approximate surface area is 284 Å². The summed E-state index contributed by atoms with van der Waals surface area (Å²) in [5.41, 5.74) is 2.21. The second kappa shape index (κ2) is 14.2. The van der Waals surface area contributed by atoms with E-state index < -0.39 is 38.3 Å². The number of hydrogen-bond acceptors (Lipinski definition) is 9. The highest BCUT2D eigenvalue weighted by Crippen LogP contribution is 2.40. The normalized spacial score (nSPS) is 13.3. The van der Waals surface area contributed by atoms with Crippen LogP contribution in [0.4, 0.5) is 10.6 Å². The Balaban J connectivity index is 1.52. The lowest BCUT2D eigenvalue weighted by Crippen LogP contribution is -2.41. The summed E-state index contributed by atoms with van der Waals surface area (Å²) in [6.45, 7) is 5.57. The zero-order valence-corrected chi connectivity index (χ0v) is 29.0. The number of aromatic nitrogens is 2. The summed E-state index contributed by atoms with van der Waals surface area (Å²) in [7, 11) is -2.32. The van der Waals surface area contributed by atoms with E-state index in [0.717, 1.165) is 15.6 Å². The zero-order valence-electron chi connectivity index (χ0n) is 25.8. The lowest BCUT2D eigenvalue weighted by Gasteiger charge is -2.27. The molecule has 0 aliphatic heterocycles. The number of anilines is 1. The van der Waals surface area contributed by atoms with Crippen LogP contribution in [0.2, 0.25) is 5.02 Å². The maximum Gasteiger partial charge on any atom is 0.410 e. The summed E-state index contributed by atoms with van der Waals surface area (Å²) in [4.78, 5) is 21.0. The molecule has 2 atom stereocenters. The number of carboxylic acid groups (broad SMARTS) is 1. The third kappa shape index (κ3) is 8.22. The van der Waals surface area contributed by atoms with Gasteiger partial charge in [-0.1, -0.05) is 41.9 Å². The SMILES string of the molecule is COc1ccc(CNS(=O)(=O)c2ccnc(-c3cccc4cc(C(N[S+]([O-])C(C)(C)C)c5nc(NC(=O)O)ccc5Cl)sc34)c2)cc1. The highest BCUT2D eigenvalue weighted by Gasteiger charge is 2.33. The number of fused-ring (bicyclic) bond motifs is 1. The van der Waals surface area contributed by atoms with Gasteiger partial charge in [-0.2, -0.15) is 0 Å². The van der Waals surface area contributed by atoms with Crippen molar-refractivity contribution in [2.45, 2.75) is 43.0 Å². The summed E-state index contributed by atoms with van der Waals surface area (Å²) in [5.74, 6) is 0.740. The van der Waals surface area contributed by atoms with Crippen LogP contribution in [0, 0.1) is 0 Å². The average molecular weight is 714 g/mol. The molecule has 1 amide bonds. The van der Waals surface area contributed by atoms with E-state index in [0.29, 0.717) is 21.9 Å². The molecule has 3 aromatic heterocycles. The van der Waals surface area contributed by atoms with Gasteiger partial charge in [0.25, 0.3) is 0 Å². The number of rotatable bonds is 11. The minimum Gasteiger partial charge on any atom is -0.598 e. The molecule has 0 fully saturated rings. The molecule has 0 radical (unpaired) electrons. The number of benzene rings is 2. The van der Waals surface area contributed by atoms with Crippen molar-refractivity contribution in [3.8, 4) is 17.0 Å². The van der Waals surface area contributed by atoms with Crippen molar-refractivity contribution in [2.24, 2.45) is 0 Å². The van der Waals surface area contributed by atoms with E-state index >= 15 is 0 Å². The van der Waals surface area contributed by atoms with Crippen molar-refractivity contribution in [2.75, 3.05) is 12.4 Å². The van der Waals surface area contributed by atoms with Crippen LogP contribution in [0.5, 0.6) is 5.75 Å². The maximum absolute atomic E-state index is 13.3. The average Bonchev–Trinajstić information content (AvgIpc) is 3.47. The Morgan fingerprint density at radius 3 is 2.53 bits per heavy atom. The summed E-state index contributed by atoms with van der Waals surface area (Å²) in [5, 5.41) is 12.6. The lowest BCUT2D eigenvalue weighted by atomic mass is 10.1. The molecule has 2 aromatic carbocycles. The zero-order chi connectivity index (χ0) is 33.9. The van der Waals surface area contributed by atoms with Crippen molar-refractivity contribution in [1.82, 2.24) is 19.4 Å². The van der Waals surface area contributed by atoms with Gasteiger partial charge in [0.2, 0.25) is 10.0 Å². The molecule has 0 aliphatic carbocycles. The van der Waals surface area contributed by atoms with Crippen LogP contribution in [0.25, 0.3) is 21.3 Å². The van der Waals surface area contributed by atoms with Gasteiger partial charge in [-0.25, -0.2) is 22.9 Å². The van der Waals surface area contributed by atoms with Crippen LogP contribution in [0.3, 0.4) is 0 Å². The number of sulfonamides is 1. The third-order valence-electron chi connectivity index (χ3n) is 6.95. The number of halogens is 1. The lowest BCUT2D eigenvalue weighted by molar-refractivity contribution is 0.209. The molecule has 0 aliphatic rings. The fourth-order valence-corrected chi connectivity index (χ4v) is 7.89. The van der Waals surface area contributed by atoms with E-state index in [4.69, 9.17) is 16.3 Å². The third-order valence-corrected chi connectivity index (χ3v) is 11.5. The van der Waals surface area contributed by atoms with Gasteiger partial charge >= 0.3 is 6.09 Å². The molecule has 4 N–H and O–H groups in total. The van der Waals surface area contributed by atoms with Crippen molar-refractivity contribution in [1.29, 1.82) is 0 Å². The first kappa shape index (κ1) is 34.6. The Morgan fingerprint density at radius 2 is 1.85 bits per heavy atom. The van der Waals surface area contributed by atoms with Crippen LogP contribution >= 0.6 is 22.9 Å². The summed E-state index contributed by atoms with van der Waals surface area (Å²) in [6.07, 6.45) is 0.166. The van der Waals surface area contributed by atoms with Gasteiger partial charge in [0.05, 0.1) is 28.4 Å². The first-order chi connectivity index (χ1) is 22.2. The first-order valence-corrected chi connectivity index (χ1v) is 18.0. The molecule has 0 saturated carbocycles. The second-order valence-electron chi connectivity index (χ2n) is 11.3. The number of pyridine rings is 2. The van der Waals surface area contributed by atoms with E-state index in [2.05, 4.69) is 24.7 Å². The van der Waals surface area contributed by atoms with E-state index in [1.807, 2.05) is 45.0 Å². The Morgan fingerprint density at radius 1 is 1.11 bits per heavy atom. The van der Waals surface area contributed by atoms with Gasteiger partial charge in [-0.15, -0.1) is 16.1 Å². The molecule has 5 rings (SSSR count). The second-order valence-corrected chi connectivity index (χ2v) is 16.6. The molecule has 47 heavy (non-hydrogen) atoms. The van der Waals surface area contributed by atoms with E-state index in [1.165, 1.54) is 41.8 Å². The quantitative estimate of drug-likeness (QED) is 0.109. The van der Waals surface area contributed by atoms with E-state index in [9.17, 15) is 22.9 Å². The predicted octanol–water partition coefficient (Wildman–Crippen LogP) is 6.73. The number of nitrogens with zero attached hydrogens (tertiary/aromatic N) is 2. The molecule has 0 bridgehead atoms. The fourth-order valence-electron chi connectivity index (χ4n) is 4.53. The molecule has 11 nitrogen and oxygen atoms in total. The molecular formula is C32H32ClN5O6S3. The molecule has 2 unspecified atom stereocenters. The van der Waals surface area contributed by atoms with Gasteiger partial charge < -0.3 is 14.4 Å². The summed E-state index contributed by atoms with van der Waals surface area (Å²) >= 11 is 6.41. The largest absolute Gasteiger partial charge is 0.598 e. The Bertz CT molecular complexity index is 2020. The van der Waals surface area contributed by atoms with Crippen LogP contribution in [0.15, 0.2) is 83.9 Å². The minimum atomic E-state index is -3.88. The first-order valence-electron chi connectivity index (χ1n) is 14.2. The molecule has 0 saturated heterocycles. The summed E-state index contributed by atoms with van der Waals surface area (Å²) in [6, 6.07) is 19.8. The minimum absolute atomic E-state index is 0.0589. The highest BCUT2D eigenvalue weighted by atomic mass is 35.5. The van der Waals surface area contributed by atoms with Crippen LogP contribution in [-0.2, 0) is 27.9 Å². The Hall–Kier alpha value is -3.76. The number of carbonyl (C=O) groups is 1. The van der Waals surface area contributed by atoms with Crippen LogP contribution < -0.4 is 19.5 Å². The van der Waals surface area contributed by atoms with Crippen molar-refractivity contribution < 1.29 is 27.6 Å². The number of ether oxygens (including phenoxy) is 1. The number of thiophene rings is 1. The highest BCUT2D eigenvalue weighted by molar-refractivity contribution is 7.90. The van der Waals surface area contributed by atoms with Crippen LogP contribution in [-0.4, -0.2) is 46.0 Å². The fraction of sp³-hybridized carbons (Fsp3) is 0.219. The molecule has 5 aromatic rings. The van der Waals surface area contributed by atoms with Crippen LogP contribution in [0.1, 0.15) is 42.9 Å². The molecule has 15 heteroatoms. The van der Waals surface area contributed by atoms with Gasteiger partial charge in [-0.05, 0) is 74.2 Å². The van der Waals surface area contributed by atoms with Gasteiger partial charge in [-0.3, -0.25) is 10.3 Å². The molecule has 0 spiro atoms. The number of hydrogen-bond donors (Lipinski definition) is 4. The smallest absolute Gasteiger partial charge is 0.410 e. The van der Waals surface area contributed by atoms with Crippen molar-refractivity contribution in [3.05, 3.63) is 100 Å². The molecule has 246 valence electrons. The monoisotopic (exact) mass is 713 g/mol. The van der Waals surface area contributed by atoms with E-state index in [-0.39, 0.29) is 28.0 Å². The van der Waals surface area contributed by atoms with E-state index in [1.54, 1.807) is 31.4 Å². The standard InChI is InChI=1S/C32H32ClN5O6S3/c1-32(2,3)46(41)38-29(28-24(33)12-13-27(36-28)37-31(39)40)26-16-20-6-5-7-23(30(20)45-26)25-17-22(14-15-34-25)47(42,43)35-18-19-8-10-21(44-4)11-9-19/h5-17,29,35,38H,18H2,1-4H3,(H,36,37)(H,39,40). The number of amides is 1. The predicted molar refractivity (Wildman–Crippen MR) is 186 cm³/mol. The Kier molecular flexibility index (Phi) is 10.4. The van der Waals surface area contributed by atoms with Crippen molar-refractivity contribution >= 4 is 66.3 Å². The number of nitrogens with one attached hydrogen (secondary N) is 3.